The molecule has 0 radical (unpaired) electrons. The summed E-state index contributed by atoms with van der Waals surface area (Å²) in [6.07, 6.45) is 0.774. The third-order valence-electron chi connectivity index (χ3n) is 1.65. The zero-order valence-corrected chi connectivity index (χ0v) is 6.84. The van der Waals surface area contributed by atoms with E-state index in [-0.39, 0.29) is 0 Å². The monoisotopic (exact) mass is 180 g/mol. The van der Waals surface area contributed by atoms with Crippen LogP contribution in [0.25, 0.3) is 11.0 Å². The molecule has 3 heteroatoms. The summed E-state index contributed by atoms with van der Waals surface area (Å²) in [6, 6.07) is 6.90. The number of carbonyl (C=O) groups is 1. The van der Waals surface area contributed by atoms with Crippen LogP contribution in [0.4, 0.5) is 0 Å². The van der Waals surface area contributed by atoms with Crippen LogP contribution in [0.1, 0.15) is 10.4 Å². The number of hydrogen-bond donors (Lipinski definition) is 0. The lowest BCUT2D eigenvalue weighted by molar-refractivity contribution is 0.112. The fourth-order valence-corrected chi connectivity index (χ4v) is 1.29. The van der Waals surface area contributed by atoms with Gasteiger partial charge in [-0.05, 0) is 17.7 Å². The summed E-state index contributed by atoms with van der Waals surface area (Å²) in [7, 11) is 0. The van der Waals surface area contributed by atoms with E-state index in [9.17, 15) is 4.79 Å². The van der Waals surface area contributed by atoms with Crippen LogP contribution in [0.2, 0.25) is 5.22 Å². The second kappa shape index (κ2) is 2.64. The molecule has 0 spiro atoms. The second-order valence-electron chi connectivity index (χ2n) is 2.47. The first kappa shape index (κ1) is 7.37. The number of fused-ring (bicyclic) bond motifs is 1. The zero-order chi connectivity index (χ0) is 8.55. The number of rotatable bonds is 1. The summed E-state index contributed by atoms with van der Waals surface area (Å²) in [5.41, 5.74) is 1.23. The predicted molar refractivity (Wildman–Crippen MR) is 46.6 cm³/mol. The van der Waals surface area contributed by atoms with Crippen LogP contribution in [0.15, 0.2) is 28.7 Å². The van der Waals surface area contributed by atoms with Gasteiger partial charge in [0.05, 0.1) is 0 Å². The quantitative estimate of drug-likeness (QED) is 0.632. The van der Waals surface area contributed by atoms with E-state index >= 15 is 0 Å². The van der Waals surface area contributed by atoms with E-state index in [1.165, 1.54) is 0 Å². The number of halogens is 1. The maximum Gasteiger partial charge on any atom is 0.194 e. The van der Waals surface area contributed by atoms with Crippen molar-refractivity contribution in [3.8, 4) is 0 Å². The van der Waals surface area contributed by atoms with Crippen LogP contribution in [-0.2, 0) is 0 Å². The van der Waals surface area contributed by atoms with Gasteiger partial charge in [-0.2, -0.15) is 0 Å². The van der Waals surface area contributed by atoms with Gasteiger partial charge in [0.15, 0.2) is 5.22 Å². The van der Waals surface area contributed by atoms with Gasteiger partial charge in [-0.15, -0.1) is 0 Å². The normalized spacial score (nSPS) is 10.4. The average Bonchev–Trinajstić information content (AvgIpc) is 2.43. The average molecular weight is 181 g/mol. The number of furan rings is 1. The molecule has 0 amide bonds. The molecule has 12 heavy (non-hydrogen) atoms. The Kier molecular flexibility index (Phi) is 1.62. The van der Waals surface area contributed by atoms with Crippen LogP contribution in [0.5, 0.6) is 0 Å². The molecule has 2 rings (SSSR count). The third kappa shape index (κ3) is 1.10. The Balaban J connectivity index is 2.74. The van der Waals surface area contributed by atoms with E-state index < -0.39 is 0 Å². The minimum Gasteiger partial charge on any atom is -0.445 e. The molecule has 0 fully saturated rings. The lowest BCUT2D eigenvalue weighted by Gasteiger charge is -1.88. The highest BCUT2D eigenvalue weighted by molar-refractivity contribution is 6.29. The van der Waals surface area contributed by atoms with Gasteiger partial charge in [0, 0.05) is 17.0 Å². The van der Waals surface area contributed by atoms with Gasteiger partial charge in [-0.25, -0.2) is 0 Å². The maximum atomic E-state index is 10.4. The Labute approximate surface area is 73.7 Å². The SMILES string of the molecule is O=Cc1ccc2cc(Cl)oc2c1. The van der Waals surface area contributed by atoms with Gasteiger partial charge in [-0.3, -0.25) is 4.79 Å². The van der Waals surface area contributed by atoms with Crippen LogP contribution in [0, 0.1) is 0 Å². The number of carbonyl (C=O) groups excluding carboxylic acids is 1. The molecule has 2 aromatic rings. The van der Waals surface area contributed by atoms with Crippen LogP contribution < -0.4 is 0 Å². The van der Waals surface area contributed by atoms with Crippen molar-refractivity contribution in [1.82, 2.24) is 0 Å². The molecule has 0 bridgehead atoms. The van der Waals surface area contributed by atoms with Gasteiger partial charge in [0.25, 0.3) is 0 Å². The fraction of sp³-hybridized carbons (Fsp3) is 0. The summed E-state index contributed by atoms with van der Waals surface area (Å²) in [4.78, 5) is 10.4. The molecule has 0 aliphatic carbocycles. The molecular weight excluding hydrogens is 176 g/mol. The number of benzene rings is 1. The van der Waals surface area contributed by atoms with Gasteiger partial charge < -0.3 is 4.42 Å². The van der Waals surface area contributed by atoms with Gasteiger partial charge in [-0.1, -0.05) is 12.1 Å². The van der Waals surface area contributed by atoms with E-state index in [1.807, 2.05) is 0 Å². The molecule has 0 aliphatic rings. The molecule has 1 aromatic heterocycles. The highest BCUT2D eigenvalue weighted by Gasteiger charge is 2.01. The fourth-order valence-electron chi connectivity index (χ4n) is 1.09. The van der Waals surface area contributed by atoms with Crippen molar-refractivity contribution in [2.75, 3.05) is 0 Å². The molecule has 0 aliphatic heterocycles. The topological polar surface area (TPSA) is 30.2 Å². The van der Waals surface area contributed by atoms with Crippen molar-refractivity contribution >= 4 is 28.9 Å². The van der Waals surface area contributed by atoms with Gasteiger partial charge >= 0.3 is 0 Å². The summed E-state index contributed by atoms with van der Waals surface area (Å²) in [6.45, 7) is 0. The summed E-state index contributed by atoms with van der Waals surface area (Å²) < 4.78 is 5.12. The third-order valence-corrected chi connectivity index (χ3v) is 1.84. The highest BCUT2D eigenvalue weighted by Crippen LogP contribution is 2.23. The number of hydrogen-bond acceptors (Lipinski definition) is 2. The van der Waals surface area contributed by atoms with E-state index in [4.69, 9.17) is 16.0 Å². The molecule has 0 saturated carbocycles. The highest BCUT2D eigenvalue weighted by atomic mass is 35.5. The second-order valence-corrected chi connectivity index (χ2v) is 2.84. The molecule has 60 valence electrons. The minimum atomic E-state index is 0.341. The van der Waals surface area contributed by atoms with Crippen LogP contribution >= 0.6 is 11.6 Å². The van der Waals surface area contributed by atoms with Crippen molar-refractivity contribution in [1.29, 1.82) is 0 Å². The summed E-state index contributed by atoms with van der Waals surface area (Å²) in [5, 5.41) is 1.25. The minimum absolute atomic E-state index is 0.341. The lowest BCUT2D eigenvalue weighted by atomic mass is 10.2. The standard InChI is InChI=1S/C9H5ClO2/c10-9-4-7-2-1-6(5-11)3-8(7)12-9/h1-5H. The Bertz CT molecular complexity index is 431. The molecule has 1 aromatic carbocycles. The Morgan fingerprint density at radius 2 is 2.17 bits per heavy atom. The Morgan fingerprint density at radius 1 is 1.33 bits per heavy atom. The first-order chi connectivity index (χ1) is 5.79. The van der Waals surface area contributed by atoms with Crippen LogP contribution in [-0.4, -0.2) is 6.29 Å². The molecular formula is C9H5ClO2. The molecule has 1 heterocycles. The summed E-state index contributed by atoms with van der Waals surface area (Å²) in [5.74, 6) is 0. The largest absolute Gasteiger partial charge is 0.445 e. The maximum absolute atomic E-state index is 10.4. The summed E-state index contributed by atoms with van der Waals surface area (Å²) >= 11 is 5.62. The first-order valence-corrected chi connectivity index (χ1v) is 3.81. The van der Waals surface area contributed by atoms with Crippen molar-refractivity contribution < 1.29 is 9.21 Å². The van der Waals surface area contributed by atoms with Crippen molar-refractivity contribution in [3.63, 3.8) is 0 Å². The van der Waals surface area contributed by atoms with Crippen molar-refractivity contribution in [2.24, 2.45) is 0 Å². The molecule has 0 atom stereocenters. The van der Waals surface area contributed by atoms with Gasteiger partial charge in [0.2, 0.25) is 0 Å². The van der Waals surface area contributed by atoms with Crippen molar-refractivity contribution in [3.05, 3.63) is 35.0 Å². The molecule has 2 nitrogen and oxygen atoms in total. The zero-order valence-electron chi connectivity index (χ0n) is 6.08. The van der Waals surface area contributed by atoms with Crippen LogP contribution in [0.3, 0.4) is 0 Å². The molecule has 0 unspecified atom stereocenters. The number of aldehydes is 1. The van der Waals surface area contributed by atoms with E-state index in [1.54, 1.807) is 24.3 Å². The first-order valence-electron chi connectivity index (χ1n) is 3.44. The Hall–Kier alpha value is -1.28. The van der Waals surface area contributed by atoms with Gasteiger partial charge in [0.1, 0.15) is 11.9 Å². The molecule has 0 N–H and O–H groups in total. The van der Waals surface area contributed by atoms with Crippen molar-refractivity contribution in [2.45, 2.75) is 0 Å². The van der Waals surface area contributed by atoms with E-state index in [0.29, 0.717) is 16.4 Å². The van der Waals surface area contributed by atoms with E-state index in [0.717, 1.165) is 11.7 Å². The van der Waals surface area contributed by atoms with E-state index in [2.05, 4.69) is 0 Å². The predicted octanol–water partition coefficient (Wildman–Crippen LogP) is 2.90. The smallest absolute Gasteiger partial charge is 0.194 e. The lowest BCUT2D eigenvalue weighted by Crippen LogP contribution is -1.75. The molecule has 0 saturated heterocycles. The Morgan fingerprint density at radius 3 is 2.92 bits per heavy atom.